The van der Waals surface area contributed by atoms with E-state index in [4.69, 9.17) is 0 Å². The van der Waals surface area contributed by atoms with Gasteiger partial charge in [0.2, 0.25) is 10.0 Å². The third-order valence-electron chi connectivity index (χ3n) is 2.39. The molecular weight excluding hydrogens is 318 g/mol. The fourth-order valence-corrected chi connectivity index (χ4v) is 3.74. The Morgan fingerprint density at radius 2 is 2.11 bits per heavy atom. The first-order chi connectivity index (χ1) is 8.50. The van der Waals surface area contributed by atoms with Gasteiger partial charge < -0.3 is 4.98 Å². The molecule has 1 atom stereocenters. The number of aromatic nitrogens is 2. The minimum absolute atomic E-state index is 0.211. The van der Waals surface area contributed by atoms with Gasteiger partial charge in [0.1, 0.15) is 5.82 Å². The molecular formula is C11H12BrN3O2S. The van der Waals surface area contributed by atoms with E-state index in [1.165, 1.54) is 0 Å². The molecule has 2 aromatic rings. The lowest BCUT2D eigenvalue weighted by Gasteiger charge is -2.13. The maximum atomic E-state index is 12.2. The fourth-order valence-electron chi connectivity index (χ4n) is 1.53. The minimum Gasteiger partial charge on any atom is -0.347 e. The Bertz CT molecular complexity index is 625. The molecule has 0 saturated heterocycles. The van der Waals surface area contributed by atoms with Crippen molar-refractivity contribution in [1.29, 1.82) is 0 Å². The highest BCUT2D eigenvalue weighted by atomic mass is 79.9. The summed E-state index contributed by atoms with van der Waals surface area (Å²) in [6.45, 7) is 1.73. The van der Waals surface area contributed by atoms with E-state index in [2.05, 4.69) is 30.6 Å². The zero-order valence-corrected chi connectivity index (χ0v) is 12.0. The Hall–Kier alpha value is -1.18. The number of sulfonamides is 1. The van der Waals surface area contributed by atoms with Gasteiger partial charge in [0.25, 0.3) is 0 Å². The molecule has 1 aromatic carbocycles. The second kappa shape index (κ2) is 5.21. The highest BCUT2D eigenvalue weighted by Crippen LogP contribution is 2.22. The van der Waals surface area contributed by atoms with Crippen molar-refractivity contribution in [3.05, 3.63) is 47.0 Å². The Morgan fingerprint density at radius 1 is 1.39 bits per heavy atom. The molecule has 0 aliphatic carbocycles. The molecule has 5 nitrogen and oxygen atoms in total. The number of nitrogens with zero attached hydrogens (tertiary/aromatic N) is 1. The minimum atomic E-state index is -3.57. The van der Waals surface area contributed by atoms with Crippen LogP contribution < -0.4 is 4.72 Å². The zero-order valence-electron chi connectivity index (χ0n) is 9.59. The second-order valence-corrected chi connectivity index (χ2v) is 6.28. The SMILES string of the molecule is CC(NS(=O)(=O)c1ccccc1Br)c1ncc[nH]1. The Morgan fingerprint density at radius 3 is 2.72 bits per heavy atom. The molecule has 1 heterocycles. The number of hydrogen-bond acceptors (Lipinski definition) is 3. The first-order valence-corrected chi connectivity index (χ1v) is 7.54. The van der Waals surface area contributed by atoms with Gasteiger partial charge in [0, 0.05) is 16.9 Å². The van der Waals surface area contributed by atoms with Crippen LogP contribution in [0.1, 0.15) is 18.8 Å². The summed E-state index contributed by atoms with van der Waals surface area (Å²) in [6.07, 6.45) is 3.23. The van der Waals surface area contributed by atoms with Crippen molar-refractivity contribution in [2.75, 3.05) is 0 Å². The van der Waals surface area contributed by atoms with E-state index in [1.54, 1.807) is 43.6 Å². The van der Waals surface area contributed by atoms with Gasteiger partial charge in [-0.25, -0.2) is 18.1 Å². The summed E-state index contributed by atoms with van der Waals surface area (Å²) in [4.78, 5) is 7.11. The van der Waals surface area contributed by atoms with Crippen LogP contribution in [-0.2, 0) is 10.0 Å². The molecule has 1 unspecified atom stereocenters. The maximum Gasteiger partial charge on any atom is 0.242 e. The third kappa shape index (κ3) is 2.80. The topological polar surface area (TPSA) is 74.8 Å². The maximum absolute atomic E-state index is 12.2. The first kappa shape index (κ1) is 13.3. The van der Waals surface area contributed by atoms with E-state index in [-0.39, 0.29) is 4.90 Å². The summed E-state index contributed by atoms with van der Waals surface area (Å²) < 4.78 is 27.4. The van der Waals surface area contributed by atoms with E-state index in [0.29, 0.717) is 10.3 Å². The quantitative estimate of drug-likeness (QED) is 0.903. The van der Waals surface area contributed by atoms with Crippen LogP contribution in [0.15, 0.2) is 46.0 Å². The van der Waals surface area contributed by atoms with E-state index >= 15 is 0 Å². The molecule has 7 heteroatoms. The van der Waals surface area contributed by atoms with Crippen molar-refractivity contribution in [2.24, 2.45) is 0 Å². The molecule has 0 radical (unpaired) electrons. The van der Waals surface area contributed by atoms with Gasteiger partial charge in [-0.05, 0) is 35.0 Å². The number of nitrogens with one attached hydrogen (secondary N) is 2. The first-order valence-electron chi connectivity index (χ1n) is 5.27. The van der Waals surface area contributed by atoms with Gasteiger partial charge in [-0.3, -0.25) is 0 Å². The second-order valence-electron chi connectivity index (χ2n) is 3.75. The molecule has 0 bridgehead atoms. The van der Waals surface area contributed by atoms with E-state index in [0.717, 1.165) is 0 Å². The van der Waals surface area contributed by atoms with Crippen molar-refractivity contribution in [2.45, 2.75) is 17.9 Å². The molecule has 96 valence electrons. The lowest BCUT2D eigenvalue weighted by molar-refractivity contribution is 0.560. The highest BCUT2D eigenvalue weighted by molar-refractivity contribution is 9.10. The zero-order chi connectivity index (χ0) is 13.2. The fraction of sp³-hybridized carbons (Fsp3) is 0.182. The average Bonchev–Trinajstić information content (AvgIpc) is 2.82. The molecule has 0 amide bonds. The van der Waals surface area contributed by atoms with Gasteiger partial charge in [0.05, 0.1) is 10.9 Å². The van der Waals surface area contributed by atoms with Gasteiger partial charge >= 0.3 is 0 Å². The van der Waals surface area contributed by atoms with Crippen LogP contribution in [0.25, 0.3) is 0 Å². The number of rotatable bonds is 4. The number of hydrogen-bond donors (Lipinski definition) is 2. The standard InChI is InChI=1S/C11H12BrN3O2S/c1-8(11-13-6-7-14-11)15-18(16,17)10-5-3-2-4-9(10)12/h2-8,15H,1H3,(H,13,14). The number of aromatic amines is 1. The average molecular weight is 330 g/mol. The van der Waals surface area contributed by atoms with Crippen molar-refractivity contribution in [3.8, 4) is 0 Å². The lowest BCUT2D eigenvalue weighted by atomic mass is 10.3. The molecule has 0 fully saturated rings. The molecule has 0 aliphatic heterocycles. The van der Waals surface area contributed by atoms with Crippen LogP contribution in [0.3, 0.4) is 0 Å². The van der Waals surface area contributed by atoms with Crippen LogP contribution in [0.5, 0.6) is 0 Å². The molecule has 18 heavy (non-hydrogen) atoms. The van der Waals surface area contributed by atoms with Gasteiger partial charge in [-0.1, -0.05) is 12.1 Å². The van der Waals surface area contributed by atoms with Crippen molar-refractivity contribution >= 4 is 26.0 Å². The summed E-state index contributed by atoms with van der Waals surface area (Å²) in [5.74, 6) is 0.575. The van der Waals surface area contributed by atoms with Gasteiger partial charge in [-0.2, -0.15) is 0 Å². The largest absolute Gasteiger partial charge is 0.347 e. The smallest absolute Gasteiger partial charge is 0.242 e. The summed E-state index contributed by atoms with van der Waals surface area (Å²) >= 11 is 3.23. The molecule has 2 rings (SSSR count). The highest BCUT2D eigenvalue weighted by Gasteiger charge is 2.21. The number of H-pyrrole nitrogens is 1. The van der Waals surface area contributed by atoms with E-state index in [9.17, 15) is 8.42 Å². The Balaban J connectivity index is 2.26. The van der Waals surface area contributed by atoms with Gasteiger partial charge in [0.15, 0.2) is 0 Å². The van der Waals surface area contributed by atoms with Crippen LogP contribution in [0, 0.1) is 0 Å². The van der Waals surface area contributed by atoms with Crippen molar-refractivity contribution in [1.82, 2.24) is 14.7 Å². The Labute approximate surface area is 114 Å². The van der Waals surface area contributed by atoms with Crippen LogP contribution in [0.2, 0.25) is 0 Å². The number of halogens is 1. The normalized spacial score (nSPS) is 13.4. The van der Waals surface area contributed by atoms with Crippen LogP contribution in [0.4, 0.5) is 0 Å². The number of benzene rings is 1. The molecule has 1 aromatic heterocycles. The summed E-state index contributed by atoms with van der Waals surface area (Å²) in [6, 6.07) is 6.25. The Kier molecular flexibility index (Phi) is 3.84. The summed E-state index contributed by atoms with van der Waals surface area (Å²) in [5, 5.41) is 0. The molecule has 2 N–H and O–H groups in total. The van der Waals surface area contributed by atoms with E-state index < -0.39 is 16.1 Å². The predicted molar refractivity (Wildman–Crippen MR) is 71.5 cm³/mol. The predicted octanol–water partition coefficient (Wildman–Crippen LogP) is 2.21. The van der Waals surface area contributed by atoms with Crippen molar-refractivity contribution in [3.63, 3.8) is 0 Å². The van der Waals surface area contributed by atoms with Crippen LogP contribution >= 0.6 is 15.9 Å². The number of imidazole rings is 1. The summed E-state index contributed by atoms with van der Waals surface area (Å²) in [7, 11) is -3.57. The van der Waals surface area contributed by atoms with Gasteiger partial charge in [-0.15, -0.1) is 0 Å². The third-order valence-corrected chi connectivity index (χ3v) is 4.94. The molecule has 0 aliphatic rings. The van der Waals surface area contributed by atoms with Crippen molar-refractivity contribution < 1.29 is 8.42 Å². The molecule has 0 spiro atoms. The molecule has 0 saturated carbocycles. The monoisotopic (exact) mass is 329 g/mol. The summed E-state index contributed by atoms with van der Waals surface area (Å²) in [5.41, 5.74) is 0. The van der Waals surface area contributed by atoms with Crippen LogP contribution in [-0.4, -0.2) is 18.4 Å². The lowest BCUT2D eigenvalue weighted by Crippen LogP contribution is -2.27. The van der Waals surface area contributed by atoms with E-state index in [1.807, 2.05) is 0 Å².